The first-order valence-electron chi connectivity index (χ1n) is 9.29. The second-order valence-corrected chi connectivity index (χ2v) is 6.97. The first-order chi connectivity index (χ1) is 12.5. The first kappa shape index (κ1) is 18.8. The van der Waals surface area contributed by atoms with E-state index in [1.54, 1.807) is 15.5 Å². The van der Waals surface area contributed by atoms with Gasteiger partial charge in [0.1, 0.15) is 0 Å². The van der Waals surface area contributed by atoms with Crippen molar-refractivity contribution in [1.29, 1.82) is 0 Å². The quantitative estimate of drug-likeness (QED) is 0.582. The molecule has 0 radical (unpaired) electrons. The molecule has 9 heteroatoms. The molecule has 2 aromatic heterocycles. The summed E-state index contributed by atoms with van der Waals surface area (Å²) in [5, 5.41) is 17.1. The van der Waals surface area contributed by atoms with Crippen LogP contribution in [0.3, 0.4) is 0 Å². The molecule has 3 N–H and O–H groups in total. The summed E-state index contributed by atoms with van der Waals surface area (Å²) >= 11 is 0. The second-order valence-electron chi connectivity index (χ2n) is 6.97. The van der Waals surface area contributed by atoms with Crippen LogP contribution in [0.4, 0.5) is 0 Å². The smallest absolute Gasteiger partial charge is 0.332 e. The van der Waals surface area contributed by atoms with E-state index in [9.17, 15) is 14.7 Å². The first-order valence-corrected chi connectivity index (χ1v) is 9.29. The molecule has 0 aliphatic carbocycles. The van der Waals surface area contributed by atoms with Gasteiger partial charge < -0.3 is 20.3 Å². The molecule has 0 saturated carbocycles. The second kappa shape index (κ2) is 8.15. The van der Waals surface area contributed by atoms with Crippen LogP contribution in [0.5, 0.6) is 0 Å². The summed E-state index contributed by atoms with van der Waals surface area (Å²) in [5.41, 5.74) is 0.0484. The van der Waals surface area contributed by atoms with Crippen LogP contribution in [-0.2, 0) is 20.1 Å². The molecule has 0 bridgehead atoms. The normalized spacial score (nSPS) is 19.1. The molecule has 1 fully saturated rings. The molecule has 144 valence electrons. The molecule has 2 atom stereocenters. The van der Waals surface area contributed by atoms with E-state index >= 15 is 0 Å². The van der Waals surface area contributed by atoms with Gasteiger partial charge in [-0.15, -0.1) is 0 Å². The Morgan fingerprint density at radius 1 is 1.38 bits per heavy atom. The van der Waals surface area contributed by atoms with Gasteiger partial charge in [-0.3, -0.25) is 13.9 Å². The number of imidazole rings is 1. The van der Waals surface area contributed by atoms with Crippen LogP contribution in [0.1, 0.15) is 26.2 Å². The van der Waals surface area contributed by atoms with Gasteiger partial charge in [-0.2, -0.15) is 0 Å². The fraction of sp³-hybridized carbons (Fsp3) is 0.706. The zero-order valence-corrected chi connectivity index (χ0v) is 15.4. The average molecular weight is 364 g/mol. The summed E-state index contributed by atoms with van der Waals surface area (Å²) in [6, 6.07) is 0.208. The van der Waals surface area contributed by atoms with E-state index < -0.39 is 6.10 Å². The molecular weight excluding hydrogens is 336 g/mol. The Morgan fingerprint density at radius 3 is 2.88 bits per heavy atom. The number of aliphatic hydroxyl groups is 1. The Balaban J connectivity index is 1.88. The minimum Gasteiger partial charge on any atom is -0.391 e. The minimum atomic E-state index is -0.606. The van der Waals surface area contributed by atoms with Gasteiger partial charge in [-0.1, -0.05) is 13.3 Å². The van der Waals surface area contributed by atoms with Crippen LogP contribution in [0.15, 0.2) is 15.9 Å². The molecular formula is C17H28N6O3. The lowest BCUT2D eigenvalue weighted by Crippen LogP contribution is -2.49. The van der Waals surface area contributed by atoms with Gasteiger partial charge in [0.25, 0.3) is 5.56 Å². The Bertz CT molecular complexity index is 862. The minimum absolute atomic E-state index is 0.208. The van der Waals surface area contributed by atoms with Crippen molar-refractivity contribution in [2.24, 2.45) is 7.05 Å². The van der Waals surface area contributed by atoms with Gasteiger partial charge in [0.05, 0.1) is 19.0 Å². The van der Waals surface area contributed by atoms with Crippen LogP contribution >= 0.6 is 0 Å². The van der Waals surface area contributed by atoms with E-state index in [0.717, 1.165) is 37.0 Å². The average Bonchev–Trinajstić information content (AvgIpc) is 3.04. The SMILES string of the molecule is CCCCn1c(=O)n(C)c(=O)c2c1ncn2CC(O)CC1CNCCN1. The zero-order valence-electron chi connectivity index (χ0n) is 15.4. The number of hydrogen-bond acceptors (Lipinski definition) is 6. The molecule has 3 rings (SSSR count). The summed E-state index contributed by atoms with van der Waals surface area (Å²) in [4.78, 5) is 29.3. The topological polar surface area (TPSA) is 106 Å². The maximum Gasteiger partial charge on any atom is 0.332 e. The zero-order chi connectivity index (χ0) is 18.7. The Morgan fingerprint density at radius 2 is 2.19 bits per heavy atom. The lowest BCUT2D eigenvalue weighted by atomic mass is 10.1. The van der Waals surface area contributed by atoms with Crippen LogP contribution in [0, 0.1) is 0 Å². The predicted octanol–water partition coefficient (Wildman–Crippen LogP) is -0.991. The van der Waals surface area contributed by atoms with Crippen molar-refractivity contribution >= 4 is 11.2 Å². The van der Waals surface area contributed by atoms with Gasteiger partial charge in [-0.25, -0.2) is 9.78 Å². The molecule has 2 aromatic rings. The lowest BCUT2D eigenvalue weighted by Gasteiger charge is -2.26. The number of nitrogens with zero attached hydrogens (tertiary/aromatic N) is 4. The third kappa shape index (κ3) is 3.74. The number of piperazine rings is 1. The molecule has 1 saturated heterocycles. The third-order valence-electron chi connectivity index (χ3n) is 4.92. The van der Waals surface area contributed by atoms with E-state index in [4.69, 9.17) is 0 Å². The highest BCUT2D eigenvalue weighted by molar-refractivity contribution is 5.70. The van der Waals surface area contributed by atoms with Gasteiger partial charge in [0.15, 0.2) is 11.2 Å². The number of aliphatic hydroxyl groups excluding tert-OH is 1. The molecule has 0 amide bonds. The van der Waals surface area contributed by atoms with Crippen molar-refractivity contribution in [2.45, 2.75) is 51.4 Å². The molecule has 1 aliphatic heterocycles. The van der Waals surface area contributed by atoms with Gasteiger partial charge in [0.2, 0.25) is 0 Å². The van der Waals surface area contributed by atoms with E-state index in [1.165, 1.54) is 7.05 Å². The van der Waals surface area contributed by atoms with Crippen LogP contribution in [0.25, 0.3) is 11.2 Å². The summed E-state index contributed by atoms with van der Waals surface area (Å²) in [6.45, 7) is 5.49. The molecule has 0 aromatic carbocycles. The third-order valence-corrected chi connectivity index (χ3v) is 4.92. The van der Waals surface area contributed by atoms with Gasteiger partial charge in [0, 0.05) is 39.3 Å². The molecule has 1 aliphatic rings. The highest BCUT2D eigenvalue weighted by Crippen LogP contribution is 2.11. The van der Waals surface area contributed by atoms with E-state index in [1.807, 2.05) is 6.92 Å². The molecule has 0 spiro atoms. The van der Waals surface area contributed by atoms with Gasteiger partial charge in [-0.05, 0) is 12.8 Å². The van der Waals surface area contributed by atoms with Crippen molar-refractivity contribution in [1.82, 2.24) is 29.3 Å². The highest BCUT2D eigenvalue weighted by Gasteiger charge is 2.20. The van der Waals surface area contributed by atoms with Crippen molar-refractivity contribution in [2.75, 3.05) is 19.6 Å². The van der Waals surface area contributed by atoms with Crippen molar-refractivity contribution in [3.05, 3.63) is 27.2 Å². The summed E-state index contributed by atoms with van der Waals surface area (Å²) < 4.78 is 4.34. The number of unbranched alkanes of at least 4 members (excludes halogenated alkanes) is 1. The lowest BCUT2D eigenvalue weighted by molar-refractivity contribution is 0.128. The fourth-order valence-electron chi connectivity index (χ4n) is 3.47. The van der Waals surface area contributed by atoms with Crippen molar-refractivity contribution < 1.29 is 5.11 Å². The number of hydrogen-bond donors (Lipinski definition) is 3. The number of nitrogens with one attached hydrogen (secondary N) is 2. The molecule has 2 unspecified atom stereocenters. The highest BCUT2D eigenvalue weighted by atomic mass is 16.3. The summed E-state index contributed by atoms with van der Waals surface area (Å²) in [7, 11) is 1.48. The van der Waals surface area contributed by atoms with E-state index in [-0.39, 0.29) is 23.8 Å². The van der Waals surface area contributed by atoms with E-state index in [0.29, 0.717) is 24.1 Å². The fourth-order valence-corrected chi connectivity index (χ4v) is 3.47. The number of rotatable bonds is 7. The largest absolute Gasteiger partial charge is 0.391 e. The number of aromatic nitrogens is 4. The van der Waals surface area contributed by atoms with Crippen LogP contribution < -0.4 is 21.9 Å². The maximum atomic E-state index is 12.6. The summed E-state index contributed by atoms with van der Waals surface area (Å²) in [5.74, 6) is 0. The predicted molar refractivity (Wildman–Crippen MR) is 99.4 cm³/mol. The number of fused-ring (bicyclic) bond motifs is 1. The van der Waals surface area contributed by atoms with Crippen molar-refractivity contribution in [3.8, 4) is 0 Å². The standard InChI is InChI=1S/C17H28N6O3/c1-3-4-7-23-15-14(16(25)21(2)17(23)26)22(11-20-15)10-13(24)8-12-9-18-5-6-19-12/h11-13,18-19,24H,3-10H2,1-2H3. The monoisotopic (exact) mass is 364 g/mol. The molecule has 3 heterocycles. The molecule has 9 nitrogen and oxygen atoms in total. The molecule has 26 heavy (non-hydrogen) atoms. The Labute approximate surface area is 151 Å². The Hall–Kier alpha value is -1.97. The summed E-state index contributed by atoms with van der Waals surface area (Å²) in [6.07, 6.45) is 3.30. The van der Waals surface area contributed by atoms with Crippen LogP contribution in [0.2, 0.25) is 0 Å². The van der Waals surface area contributed by atoms with Gasteiger partial charge >= 0.3 is 5.69 Å². The van der Waals surface area contributed by atoms with E-state index in [2.05, 4.69) is 15.6 Å². The number of aryl methyl sites for hydroxylation is 1. The van der Waals surface area contributed by atoms with Crippen molar-refractivity contribution in [3.63, 3.8) is 0 Å². The van der Waals surface area contributed by atoms with Crippen LogP contribution in [-0.4, -0.2) is 55.6 Å². The Kier molecular flexibility index (Phi) is 5.90. The maximum absolute atomic E-state index is 12.6.